The fourth-order valence-electron chi connectivity index (χ4n) is 4.25. The smallest absolute Gasteiger partial charge is 0.116 e. The van der Waals surface area contributed by atoms with Crippen LogP contribution in [0, 0.1) is 0 Å². The lowest BCUT2D eigenvalue weighted by atomic mass is 10.0. The Kier molecular flexibility index (Phi) is 6.37. The number of hydrogen-bond donors (Lipinski definition) is 3. The van der Waals surface area contributed by atoms with Crippen molar-refractivity contribution in [1.82, 2.24) is 30.5 Å². The topological polar surface area (TPSA) is 82.3 Å². The molecule has 174 valence electrons. The molecule has 5 aromatic rings. The quantitative estimate of drug-likeness (QED) is 0.336. The van der Waals surface area contributed by atoms with Crippen molar-refractivity contribution in [3.8, 4) is 22.6 Å². The van der Waals surface area contributed by atoms with Crippen molar-refractivity contribution >= 4 is 28.6 Å². The highest BCUT2D eigenvalue weighted by Gasteiger charge is 2.13. The SMILES string of the molecule is C=C(/C=c1/c(-c2cc3c(-c4ccccn4)cccc3[nH]2)n[nH]/c1=C/C)c1cncc(CNCC)c1. The van der Waals surface area contributed by atoms with E-state index in [9.17, 15) is 0 Å². The molecule has 0 aliphatic rings. The van der Waals surface area contributed by atoms with E-state index in [1.54, 1.807) is 0 Å². The van der Waals surface area contributed by atoms with E-state index in [1.165, 1.54) is 0 Å². The molecule has 35 heavy (non-hydrogen) atoms. The molecule has 0 atom stereocenters. The van der Waals surface area contributed by atoms with E-state index < -0.39 is 0 Å². The number of fused-ring (bicyclic) bond motifs is 1. The lowest BCUT2D eigenvalue weighted by Crippen LogP contribution is -2.23. The number of nitrogens with zero attached hydrogens (tertiary/aromatic N) is 3. The zero-order chi connectivity index (χ0) is 24.2. The second-order valence-electron chi connectivity index (χ2n) is 8.38. The Bertz CT molecular complexity index is 1610. The van der Waals surface area contributed by atoms with Gasteiger partial charge in [0.05, 0.1) is 16.7 Å². The molecular formula is C29H28N6. The Morgan fingerprint density at radius 2 is 2.03 bits per heavy atom. The van der Waals surface area contributed by atoms with Gasteiger partial charge < -0.3 is 10.3 Å². The molecule has 6 heteroatoms. The molecule has 0 aliphatic carbocycles. The van der Waals surface area contributed by atoms with E-state index in [-0.39, 0.29) is 0 Å². The Morgan fingerprint density at radius 3 is 2.83 bits per heavy atom. The average molecular weight is 461 g/mol. The maximum atomic E-state index is 4.66. The first-order valence-electron chi connectivity index (χ1n) is 11.8. The molecule has 5 rings (SSSR count). The highest BCUT2D eigenvalue weighted by atomic mass is 15.1. The van der Waals surface area contributed by atoms with Crippen LogP contribution >= 0.6 is 0 Å². The Labute approximate surface area is 204 Å². The summed E-state index contributed by atoms with van der Waals surface area (Å²) in [5, 5.41) is 14.2. The van der Waals surface area contributed by atoms with Gasteiger partial charge >= 0.3 is 0 Å². The first-order chi connectivity index (χ1) is 17.2. The lowest BCUT2D eigenvalue weighted by molar-refractivity contribution is 0.724. The number of allylic oxidation sites excluding steroid dienone is 1. The fraction of sp³-hybridized carbons (Fsp3) is 0.138. The van der Waals surface area contributed by atoms with Gasteiger partial charge in [-0.1, -0.05) is 37.8 Å². The van der Waals surface area contributed by atoms with E-state index in [4.69, 9.17) is 0 Å². The third-order valence-corrected chi connectivity index (χ3v) is 6.05. The summed E-state index contributed by atoms with van der Waals surface area (Å²) in [6.07, 6.45) is 9.66. The number of hydrogen-bond acceptors (Lipinski definition) is 4. The summed E-state index contributed by atoms with van der Waals surface area (Å²) in [6, 6.07) is 16.5. The molecule has 0 aliphatic heterocycles. The van der Waals surface area contributed by atoms with Crippen molar-refractivity contribution in [2.24, 2.45) is 0 Å². The minimum Gasteiger partial charge on any atom is -0.353 e. The second-order valence-corrected chi connectivity index (χ2v) is 8.38. The van der Waals surface area contributed by atoms with Crippen LogP contribution in [-0.2, 0) is 6.54 Å². The zero-order valence-corrected chi connectivity index (χ0v) is 20.0. The minimum atomic E-state index is 0.781. The average Bonchev–Trinajstić information content (AvgIpc) is 3.51. The number of nitrogens with one attached hydrogen (secondary N) is 3. The van der Waals surface area contributed by atoms with Gasteiger partial charge in [0.1, 0.15) is 5.69 Å². The Morgan fingerprint density at radius 1 is 1.11 bits per heavy atom. The van der Waals surface area contributed by atoms with E-state index >= 15 is 0 Å². The predicted octanol–water partition coefficient (Wildman–Crippen LogP) is 4.42. The van der Waals surface area contributed by atoms with Crippen molar-refractivity contribution in [1.29, 1.82) is 0 Å². The van der Waals surface area contributed by atoms with Crippen LogP contribution in [0.15, 0.2) is 73.7 Å². The number of pyridine rings is 2. The van der Waals surface area contributed by atoms with Crippen molar-refractivity contribution in [3.05, 3.63) is 95.4 Å². The van der Waals surface area contributed by atoms with Gasteiger partial charge in [-0.15, -0.1) is 0 Å². The summed E-state index contributed by atoms with van der Waals surface area (Å²) in [5.41, 5.74) is 7.85. The van der Waals surface area contributed by atoms with Crippen LogP contribution in [0.3, 0.4) is 0 Å². The van der Waals surface area contributed by atoms with Crippen LogP contribution in [0.4, 0.5) is 0 Å². The largest absolute Gasteiger partial charge is 0.353 e. The van der Waals surface area contributed by atoms with Crippen LogP contribution in [0.2, 0.25) is 0 Å². The molecule has 4 heterocycles. The maximum Gasteiger partial charge on any atom is 0.116 e. The zero-order valence-electron chi connectivity index (χ0n) is 20.0. The lowest BCUT2D eigenvalue weighted by Gasteiger charge is -2.05. The molecule has 0 saturated carbocycles. The molecule has 0 spiro atoms. The predicted molar refractivity (Wildman–Crippen MR) is 144 cm³/mol. The maximum absolute atomic E-state index is 4.66. The monoisotopic (exact) mass is 460 g/mol. The molecule has 4 aromatic heterocycles. The van der Waals surface area contributed by atoms with Crippen molar-refractivity contribution < 1.29 is 0 Å². The number of benzene rings is 1. The highest BCUT2D eigenvalue weighted by Crippen LogP contribution is 2.30. The highest BCUT2D eigenvalue weighted by molar-refractivity contribution is 5.97. The molecule has 0 bridgehead atoms. The fourth-order valence-corrected chi connectivity index (χ4v) is 4.25. The first-order valence-corrected chi connectivity index (χ1v) is 11.8. The van der Waals surface area contributed by atoms with E-state index in [1.807, 2.05) is 55.9 Å². The Balaban J connectivity index is 1.59. The van der Waals surface area contributed by atoms with Crippen LogP contribution in [0.5, 0.6) is 0 Å². The molecule has 0 unspecified atom stereocenters. The van der Waals surface area contributed by atoms with Gasteiger partial charge in [0, 0.05) is 46.8 Å². The summed E-state index contributed by atoms with van der Waals surface area (Å²) >= 11 is 0. The Hall–Kier alpha value is -4.29. The second kappa shape index (κ2) is 9.91. The minimum absolute atomic E-state index is 0.781. The molecule has 0 fully saturated rings. The van der Waals surface area contributed by atoms with E-state index in [0.29, 0.717) is 0 Å². The summed E-state index contributed by atoms with van der Waals surface area (Å²) < 4.78 is 0. The van der Waals surface area contributed by atoms with Crippen LogP contribution in [-0.4, -0.2) is 31.7 Å². The third-order valence-electron chi connectivity index (χ3n) is 6.05. The van der Waals surface area contributed by atoms with Gasteiger partial charge in [0.2, 0.25) is 0 Å². The van der Waals surface area contributed by atoms with E-state index in [2.05, 4.69) is 74.3 Å². The summed E-state index contributed by atoms with van der Waals surface area (Å²) in [7, 11) is 0. The molecule has 0 radical (unpaired) electrons. The van der Waals surface area contributed by atoms with Crippen LogP contribution in [0.1, 0.15) is 25.0 Å². The van der Waals surface area contributed by atoms with Crippen LogP contribution < -0.4 is 15.9 Å². The third kappa shape index (κ3) is 4.56. The number of aromatic amines is 2. The standard InChI is InChI=1S/C29H28N6/c1-4-25-24(13-19(3)21-14-20(16-30-5-2)17-31-18-21)29(35-34-25)28-15-23-22(9-8-11-27(23)33-28)26-10-6-7-12-32-26/h4,6-15,17-18,30,33-34H,3,5,16H2,1-2H3/b24-13+,25-4+. The number of H-pyrrole nitrogens is 2. The van der Waals surface area contributed by atoms with Crippen molar-refractivity contribution in [3.63, 3.8) is 0 Å². The molecule has 0 saturated heterocycles. The summed E-state index contributed by atoms with van der Waals surface area (Å²) in [4.78, 5) is 12.5. The van der Waals surface area contributed by atoms with Gasteiger partial charge in [0.15, 0.2) is 0 Å². The molecular weight excluding hydrogens is 432 g/mol. The van der Waals surface area contributed by atoms with Crippen LogP contribution in [0.25, 0.3) is 51.3 Å². The van der Waals surface area contributed by atoms with Gasteiger partial charge in [-0.3, -0.25) is 15.1 Å². The number of aromatic nitrogens is 5. The number of rotatable bonds is 7. The van der Waals surface area contributed by atoms with E-state index in [0.717, 1.165) is 73.9 Å². The molecule has 1 aromatic carbocycles. The normalized spacial score (nSPS) is 12.5. The van der Waals surface area contributed by atoms with Gasteiger partial charge in [-0.05, 0) is 66.6 Å². The molecule has 3 N–H and O–H groups in total. The van der Waals surface area contributed by atoms with Crippen molar-refractivity contribution in [2.75, 3.05) is 6.54 Å². The van der Waals surface area contributed by atoms with Gasteiger partial charge in [-0.2, -0.15) is 5.10 Å². The van der Waals surface area contributed by atoms with Gasteiger partial charge in [-0.25, -0.2) is 0 Å². The van der Waals surface area contributed by atoms with Crippen molar-refractivity contribution in [2.45, 2.75) is 20.4 Å². The molecule has 0 amide bonds. The summed E-state index contributed by atoms with van der Waals surface area (Å²) in [5.74, 6) is 0. The van der Waals surface area contributed by atoms with Gasteiger partial charge in [0.25, 0.3) is 0 Å². The molecule has 6 nitrogen and oxygen atoms in total. The summed E-state index contributed by atoms with van der Waals surface area (Å²) in [6.45, 7) is 10.1. The first kappa shape index (κ1) is 22.5.